The van der Waals surface area contributed by atoms with Gasteiger partial charge in [-0.1, -0.05) is 6.42 Å². The molecule has 110 heavy (non-hydrogen) atoms. The van der Waals surface area contributed by atoms with Crippen molar-refractivity contribution < 1.29 is 116 Å². The second-order valence-electron chi connectivity index (χ2n) is 43.1. The summed E-state index contributed by atoms with van der Waals surface area (Å²) < 4.78 is 5.78. The van der Waals surface area contributed by atoms with Gasteiger partial charge in [0, 0.05) is 106 Å². The largest absolute Gasteiger partial charge is 2.00 e. The van der Waals surface area contributed by atoms with Gasteiger partial charge in [-0.2, -0.15) is 25.2 Å². The van der Waals surface area contributed by atoms with Gasteiger partial charge in [-0.05, 0) is 307 Å². The summed E-state index contributed by atoms with van der Waals surface area (Å²) in [5.74, 6) is 3.74. The van der Waals surface area contributed by atoms with Crippen molar-refractivity contribution in [2.45, 2.75) is 377 Å². The first-order valence-electron chi connectivity index (χ1n) is 42.6. The molecule has 3 atom stereocenters. The molecule has 16 heteroatoms. The van der Waals surface area contributed by atoms with E-state index in [1.54, 1.807) is 0 Å². The molecule has 3 unspecified atom stereocenters. The minimum atomic E-state index is -0.0900. The molecule has 0 amide bonds. The van der Waals surface area contributed by atoms with E-state index in [-0.39, 0.29) is 133 Å². The van der Waals surface area contributed by atoms with Crippen molar-refractivity contribution >= 4 is 0 Å². The molecule has 0 aromatic carbocycles. The Kier molecular flexibility index (Phi) is 57.9. The molecule has 0 aromatic heterocycles. The fourth-order valence-corrected chi connectivity index (χ4v) is 16.2. The summed E-state index contributed by atoms with van der Waals surface area (Å²) in [6.07, 6.45) is 40.3. The van der Waals surface area contributed by atoms with Crippen LogP contribution in [-0.4, -0.2) is 217 Å². The van der Waals surface area contributed by atoms with Crippen molar-refractivity contribution in [2.75, 3.05) is 111 Å². The maximum Gasteiger partial charge on any atom is 2.00 e. The Morgan fingerprint density at radius 2 is 0.873 bits per heavy atom. The Labute approximate surface area is 763 Å². The van der Waals surface area contributed by atoms with E-state index < -0.39 is 0 Å². The summed E-state index contributed by atoms with van der Waals surface area (Å²) in [5.41, 5.74) is 3.72. The van der Waals surface area contributed by atoms with Gasteiger partial charge >= 0.3 is 92.8 Å². The van der Waals surface area contributed by atoms with E-state index in [0.717, 1.165) is 120 Å². The molecule has 1 spiro atoms. The maximum atomic E-state index is 5.78. The number of hydrogen-bond acceptors (Lipinski definition) is 10. The van der Waals surface area contributed by atoms with E-state index in [0.29, 0.717) is 51.4 Å². The summed E-state index contributed by atoms with van der Waals surface area (Å²) >= 11 is 0. The standard InChI is InChI=1S/C12H23N.C11H21NO.C11H21N.C11H22N.4C10H19N.C9H17N.6V/c1-11(2,3)13-9-7-12(8-10-13)5-4-6-12;1-6-11(7-2)8-12(9-13-11)10(3,4)5;1-11(2,3)12-9-7-5-4-6-8-10-12;1-6-8-9-10-12(7-2)11(3,4)5;1-10(2,3)11-6-8-4-9(5-8)7-11;1-10(2,3)11-7-8-4-5-9(11)6-8;1-9-6-5-7-11(8-9)10(2,3)4;1-10(2,3)11-8-6-4-5-7-9-11;1-8(2,3)10-6-9(4,5)7-10;;;;;;/h4-10H2,1-3H3;1-2,6-9H2,3-5H3;5,8H,4,6-7,9-10H2,1-3H3;9H,1-2,6-8,10H2,3-5H3;2*8-9H,4-7H2,1-3H3;5,9H,1,6-8H2,2-4H3;6-7H,4-5,8-9H2,1-3H3;4-7H2,1-3H3;;;;;;/q;2*-2;-3;;;3*-2;;5*+2. The summed E-state index contributed by atoms with van der Waals surface area (Å²) in [6, 6.07) is 0.931. The summed E-state index contributed by atoms with van der Waals surface area (Å²) in [6.45, 7) is 109. The predicted octanol–water partition coefficient (Wildman–Crippen LogP) is 21.3. The fraction of sp³-hybridized carbons (Fsp3) is 0.862. The van der Waals surface area contributed by atoms with Crippen LogP contribution < -0.4 is 0 Å². The molecule has 9 saturated heterocycles. The molecular weight excluding hydrogens is 1580 g/mol. The van der Waals surface area contributed by atoms with E-state index in [1.165, 1.54) is 142 Å². The Balaban J connectivity index is -0.000000571. The van der Waals surface area contributed by atoms with Crippen LogP contribution in [0.1, 0.15) is 315 Å². The van der Waals surface area contributed by atoms with Gasteiger partial charge in [0.05, 0.1) is 0 Å². The Morgan fingerprint density at radius 3 is 1.16 bits per heavy atom. The monoisotopic (exact) mass is 1760 g/mol. The number of rotatable bonds is 7. The van der Waals surface area contributed by atoms with E-state index in [1.807, 2.05) is 0 Å². The Morgan fingerprint density at radius 1 is 0.436 bits per heavy atom. The average Bonchev–Trinajstić information content (AvgIpc) is 1.49. The molecule has 10 nitrogen and oxygen atoms in total. The van der Waals surface area contributed by atoms with Gasteiger partial charge in [0.1, 0.15) is 6.73 Å². The van der Waals surface area contributed by atoms with Gasteiger partial charge in [0.25, 0.3) is 0 Å². The topological polar surface area (TPSA) is 38.4 Å². The van der Waals surface area contributed by atoms with Gasteiger partial charge in [0.15, 0.2) is 0 Å². The third-order valence-electron chi connectivity index (χ3n) is 24.5. The second kappa shape index (κ2) is 53.3. The van der Waals surface area contributed by atoms with E-state index in [4.69, 9.17) is 4.74 Å². The number of fused-ring (bicyclic) bond motifs is 4. The number of piperidine rings is 5. The normalized spacial score (nSPS) is 25.4. The van der Waals surface area contributed by atoms with Crippen LogP contribution >= 0.6 is 0 Å². The molecule has 9 heterocycles. The van der Waals surface area contributed by atoms with Crippen LogP contribution in [0, 0.1) is 121 Å². The molecular formula is C94H180N9OV6-3. The SMILES string of the molecule is CC(C)(C)N1CC2CC(C2)C1.CC(C)(C)N1CC2CCC1C2.CC(C)(C)N1CCC2(CCC2)CC1.CC(C)(C)N1C[CH-]CC[CH-]C1.CC(C)(C)N1C[CH-]CC[CH-]CC1.[CH2-]C1([CH2-])CN(C(C)(C)C)C1.[CH2-]C1C[CH-]CN(C(C)(C)C)C1.[CH2-]CC1(C[CH2-])CN(C(C)(C)C)CO1.[CH2-]CC[CH-]CN(C[CH2-])C(C)(C)C.[V+2].[V+2].[V+2].[V+2].[V+2].[V]. The fourth-order valence-electron chi connectivity index (χ4n) is 16.2. The smallest absolute Gasteiger partial charge is 0.364 e. The van der Waals surface area contributed by atoms with Crippen LogP contribution in [0.3, 0.4) is 0 Å². The number of unbranched alkanes of at least 4 members (excludes halogenated alkanes) is 2. The molecule has 3 saturated carbocycles. The molecule has 12 rings (SSSR count). The van der Waals surface area contributed by atoms with Crippen LogP contribution in [-0.2, 0) is 116 Å². The number of nitrogens with zero attached hydrogens (tertiary/aromatic N) is 9. The van der Waals surface area contributed by atoms with Crippen LogP contribution in [0.2, 0.25) is 0 Å². The molecule has 6 radical (unpaired) electrons. The minimum absolute atomic E-state index is 0. The predicted molar refractivity (Wildman–Crippen MR) is 459 cm³/mol. The number of likely N-dealkylation sites (tertiary alicyclic amines) is 6. The molecule has 640 valence electrons. The molecule has 12 fully saturated rings. The van der Waals surface area contributed by atoms with Gasteiger partial charge in [-0.3, -0.25) is 25.0 Å². The molecule has 0 N–H and O–H groups in total. The first-order valence-corrected chi connectivity index (χ1v) is 42.6. The third-order valence-corrected chi connectivity index (χ3v) is 24.5. The minimum Gasteiger partial charge on any atom is -0.364 e. The zero-order valence-corrected chi connectivity index (χ0v) is 86.0. The van der Waals surface area contributed by atoms with Crippen molar-refractivity contribution in [3.05, 3.63) is 87.0 Å². The number of ether oxygens (including phenoxy) is 1. The van der Waals surface area contributed by atoms with Crippen molar-refractivity contribution in [1.29, 1.82) is 0 Å². The van der Waals surface area contributed by atoms with E-state index in [9.17, 15) is 0 Å². The van der Waals surface area contributed by atoms with Crippen molar-refractivity contribution in [3.63, 3.8) is 0 Å². The molecule has 4 bridgehead atoms. The summed E-state index contributed by atoms with van der Waals surface area (Å²) in [4.78, 5) is 22.6. The van der Waals surface area contributed by atoms with Crippen molar-refractivity contribution in [1.82, 2.24) is 44.1 Å². The van der Waals surface area contributed by atoms with Gasteiger partial charge in [0.2, 0.25) is 0 Å². The first-order chi connectivity index (χ1) is 47.6. The molecule has 0 aromatic rings. The molecule has 12 aliphatic rings. The molecule has 9 aliphatic heterocycles. The Hall–Kier alpha value is 3.11. The first kappa shape index (κ1) is 119. The third kappa shape index (κ3) is 45.0. The van der Waals surface area contributed by atoms with Crippen LogP contribution in [0.5, 0.6) is 0 Å². The van der Waals surface area contributed by atoms with Crippen molar-refractivity contribution in [2.24, 2.45) is 34.5 Å². The zero-order valence-electron chi connectivity index (χ0n) is 77.6. The maximum absolute atomic E-state index is 5.78. The summed E-state index contributed by atoms with van der Waals surface area (Å²) in [7, 11) is 0. The van der Waals surface area contributed by atoms with E-state index >= 15 is 0 Å². The van der Waals surface area contributed by atoms with Crippen LogP contribution in [0.15, 0.2) is 0 Å². The quantitative estimate of drug-likeness (QED) is 0.182. The van der Waals surface area contributed by atoms with E-state index in [2.05, 4.69) is 318 Å². The van der Waals surface area contributed by atoms with Gasteiger partial charge < -0.3 is 116 Å². The van der Waals surface area contributed by atoms with Crippen LogP contribution in [0.4, 0.5) is 0 Å². The number of hydrogen-bond donors (Lipinski definition) is 0. The summed E-state index contributed by atoms with van der Waals surface area (Å²) in [5, 5.41) is 0. The van der Waals surface area contributed by atoms with Gasteiger partial charge in [-0.15, -0.1) is 39.3 Å². The van der Waals surface area contributed by atoms with Crippen molar-refractivity contribution in [3.8, 4) is 0 Å². The van der Waals surface area contributed by atoms with Crippen LogP contribution in [0.25, 0.3) is 0 Å². The second-order valence-corrected chi connectivity index (χ2v) is 43.1. The average molecular weight is 1760 g/mol. The van der Waals surface area contributed by atoms with Gasteiger partial charge in [-0.25, -0.2) is 44.9 Å². The molecule has 3 aliphatic carbocycles. The Bertz CT molecular complexity index is 2200. The zero-order chi connectivity index (χ0) is 79.2.